The topological polar surface area (TPSA) is 25.8 Å². The summed E-state index contributed by atoms with van der Waals surface area (Å²) < 4.78 is 0. The molecule has 0 N–H and O–H groups in total. The van der Waals surface area contributed by atoms with Crippen LogP contribution in [0.1, 0.15) is 11.1 Å². The van der Waals surface area contributed by atoms with Gasteiger partial charge in [-0.15, -0.1) is 69.1 Å². The predicted molar refractivity (Wildman–Crippen MR) is 219 cm³/mol. The van der Waals surface area contributed by atoms with Gasteiger partial charge in [-0.05, 0) is 23.3 Å². The van der Waals surface area contributed by atoms with Gasteiger partial charge in [-0.1, -0.05) is 128 Å². The normalized spacial score (nSPS) is 10.5. The second-order valence-corrected chi connectivity index (χ2v) is 16.9. The number of nitrogens with zero attached hydrogens (tertiary/aromatic N) is 2. The summed E-state index contributed by atoms with van der Waals surface area (Å²) in [5.74, 6) is 0. The monoisotopic (exact) mass is 792 g/mol. The van der Waals surface area contributed by atoms with Crippen LogP contribution in [0.5, 0.6) is 0 Å². The van der Waals surface area contributed by atoms with Crippen LogP contribution in [0.25, 0.3) is 65.6 Å². The molecule has 0 aliphatic heterocycles. The molecule has 9 aromatic rings. The molecule has 0 spiro atoms. The van der Waals surface area contributed by atoms with E-state index in [1.165, 1.54) is 70.9 Å². The van der Waals surface area contributed by atoms with Crippen LogP contribution in [0, 0.1) is 13.8 Å². The number of pyridine rings is 2. The first-order valence-electron chi connectivity index (χ1n) is 16.7. The first kappa shape index (κ1) is 36.6. The van der Waals surface area contributed by atoms with E-state index in [1.807, 2.05) is 30.6 Å². The Morgan fingerprint density at radius 1 is 0.510 bits per heavy atom. The molecule has 2 nitrogen and oxygen atoms in total. The van der Waals surface area contributed by atoms with Gasteiger partial charge in [0.15, 0.2) is 0 Å². The molecule has 0 amide bonds. The second-order valence-electron chi connectivity index (χ2n) is 12.1. The van der Waals surface area contributed by atoms with Gasteiger partial charge in [-0.2, -0.15) is 12.1 Å². The van der Waals surface area contributed by atoms with E-state index in [0.717, 1.165) is 20.6 Å². The Kier molecular flexibility index (Phi) is 12.8. The Morgan fingerprint density at radius 2 is 0.922 bits per heavy atom. The van der Waals surface area contributed by atoms with Crippen molar-refractivity contribution in [2.45, 2.75) is 20.4 Å². The van der Waals surface area contributed by atoms with Crippen molar-refractivity contribution in [3.63, 3.8) is 0 Å². The van der Waals surface area contributed by atoms with Crippen LogP contribution in [-0.4, -0.2) is 19.5 Å². The molecule has 2 aromatic heterocycles. The standard InChI is InChI=1S/2C19H14N.C7H8Si.2ClH.Zr/c2*1-13-11-15-6-3-8-16(18(15)12-13)17-9-2-5-14-7-4-10-20-19(14)17;1-8-7-5-3-2-4-6-7;;;/h2*2-12H,1H3;2-6H,1H3;2*1H;/q2*-1;;;;+4/p-2. The first-order valence-corrected chi connectivity index (χ1v) is 24.5. The maximum absolute atomic E-state index is 4.93. The minimum atomic E-state index is -0.826. The fraction of sp³-hybridized carbons (Fsp3) is 0.0667. The SMILES string of the molecule is C[Si]c1ccccc1.Cc1cc2c(-c3cccc4cccnc34)cccc2[cH-]1.Cc1cc2c(-c3cccc4cccnc34)cccc2[cH-]1.[Cl][Zr+2][Cl]. The van der Waals surface area contributed by atoms with E-state index in [-0.39, 0.29) is 0 Å². The zero-order chi connectivity index (χ0) is 35.6. The van der Waals surface area contributed by atoms with E-state index in [2.05, 4.69) is 164 Å². The molecule has 0 fully saturated rings. The molecule has 0 unspecified atom stereocenters. The van der Waals surface area contributed by atoms with Gasteiger partial charge in [-0.3, -0.25) is 9.97 Å². The molecule has 9 rings (SSSR count). The van der Waals surface area contributed by atoms with Crippen LogP contribution in [0.4, 0.5) is 0 Å². The van der Waals surface area contributed by atoms with Crippen molar-refractivity contribution in [3.05, 3.63) is 175 Å². The maximum atomic E-state index is 4.93. The Hall–Kier alpha value is -4.18. The number of para-hydroxylation sites is 2. The average molecular weight is 795 g/mol. The van der Waals surface area contributed by atoms with Gasteiger partial charge in [0.2, 0.25) is 0 Å². The van der Waals surface area contributed by atoms with E-state index in [9.17, 15) is 0 Å². The summed E-state index contributed by atoms with van der Waals surface area (Å²) in [4.78, 5) is 9.14. The summed E-state index contributed by atoms with van der Waals surface area (Å²) in [7, 11) is 10.8. The fourth-order valence-electron chi connectivity index (χ4n) is 6.49. The summed E-state index contributed by atoms with van der Waals surface area (Å²) in [5.41, 5.74) is 9.70. The van der Waals surface area contributed by atoms with Crippen LogP contribution >= 0.6 is 17.0 Å². The third-order valence-corrected chi connectivity index (χ3v) is 9.61. The molecule has 6 heteroatoms. The van der Waals surface area contributed by atoms with Crippen molar-refractivity contribution in [2.75, 3.05) is 0 Å². The number of rotatable bonds is 3. The molecule has 0 bridgehead atoms. The second kappa shape index (κ2) is 17.8. The molecule has 2 heterocycles. The molecule has 7 aromatic carbocycles. The number of aryl methyl sites for hydroxylation is 2. The van der Waals surface area contributed by atoms with Gasteiger partial charge >= 0.3 is 37.9 Å². The molecule has 0 aliphatic carbocycles. The number of hydrogen-bond donors (Lipinski definition) is 0. The van der Waals surface area contributed by atoms with E-state index in [0.29, 0.717) is 0 Å². The molecular weight excluding hydrogens is 759 g/mol. The zero-order valence-corrected chi connectivity index (χ0v) is 33.7. The van der Waals surface area contributed by atoms with E-state index in [4.69, 9.17) is 17.0 Å². The summed E-state index contributed by atoms with van der Waals surface area (Å²) in [6.45, 7) is 6.48. The van der Waals surface area contributed by atoms with Crippen LogP contribution in [0.15, 0.2) is 164 Å². The van der Waals surface area contributed by atoms with Gasteiger partial charge in [0.1, 0.15) is 0 Å². The summed E-state index contributed by atoms with van der Waals surface area (Å²) in [5, 5.41) is 9.02. The number of benzene rings is 5. The van der Waals surface area contributed by atoms with Gasteiger partial charge in [0, 0.05) is 23.2 Å². The molecule has 51 heavy (non-hydrogen) atoms. The van der Waals surface area contributed by atoms with Crippen molar-refractivity contribution in [1.82, 2.24) is 9.97 Å². The van der Waals surface area contributed by atoms with Crippen LogP contribution in [0.2, 0.25) is 6.55 Å². The molecule has 0 aliphatic rings. The fourth-order valence-corrected chi connectivity index (χ4v) is 7.01. The summed E-state index contributed by atoms with van der Waals surface area (Å²) in [6, 6.07) is 53.4. The van der Waals surface area contributed by atoms with Crippen molar-refractivity contribution < 1.29 is 20.8 Å². The first-order chi connectivity index (χ1) is 25.0. The Labute approximate surface area is 321 Å². The van der Waals surface area contributed by atoms with Crippen molar-refractivity contribution >= 4 is 75.1 Å². The number of aromatic nitrogens is 2. The van der Waals surface area contributed by atoms with Gasteiger partial charge < -0.3 is 0 Å². The van der Waals surface area contributed by atoms with Crippen LogP contribution in [0.3, 0.4) is 0 Å². The molecular formula is C45H36Cl2N2SiZr. The average Bonchev–Trinajstić information content (AvgIpc) is 3.76. The quantitative estimate of drug-likeness (QED) is 0.131. The van der Waals surface area contributed by atoms with Crippen molar-refractivity contribution in [2.24, 2.45) is 0 Å². The molecule has 248 valence electrons. The van der Waals surface area contributed by atoms with Gasteiger partial charge in [0.05, 0.1) is 20.6 Å². The minimum absolute atomic E-state index is 0.826. The Balaban J connectivity index is 0.000000137. The third-order valence-electron chi connectivity index (χ3n) is 8.70. The summed E-state index contributed by atoms with van der Waals surface area (Å²) in [6.07, 6.45) is 3.73. The van der Waals surface area contributed by atoms with Crippen molar-refractivity contribution in [3.8, 4) is 22.3 Å². The molecule has 0 saturated heterocycles. The van der Waals surface area contributed by atoms with Gasteiger partial charge in [0.25, 0.3) is 0 Å². The predicted octanol–water partition coefficient (Wildman–Crippen LogP) is 12.6. The van der Waals surface area contributed by atoms with Crippen LogP contribution < -0.4 is 5.19 Å². The van der Waals surface area contributed by atoms with Crippen LogP contribution in [-0.2, 0) is 20.8 Å². The van der Waals surface area contributed by atoms with E-state index >= 15 is 0 Å². The number of fused-ring (bicyclic) bond motifs is 4. The molecule has 0 saturated carbocycles. The molecule has 2 radical (unpaired) electrons. The van der Waals surface area contributed by atoms with Gasteiger partial charge in [-0.25, -0.2) is 0 Å². The molecule has 0 atom stereocenters. The van der Waals surface area contributed by atoms with Crippen molar-refractivity contribution in [1.29, 1.82) is 0 Å². The number of hydrogen-bond acceptors (Lipinski definition) is 2. The zero-order valence-electron chi connectivity index (χ0n) is 28.7. The summed E-state index contributed by atoms with van der Waals surface area (Å²) >= 11 is -0.826. The third kappa shape index (κ3) is 8.83. The number of halogens is 2. The Morgan fingerprint density at radius 3 is 1.35 bits per heavy atom. The van der Waals surface area contributed by atoms with E-state index < -0.39 is 20.8 Å². The van der Waals surface area contributed by atoms with E-state index in [1.54, 1.807) is 0 Å². The Bertz CT molecular complexity index is 2340.